The maximum atomic E-state index is 13.2. The Kier molecular flexibility index (Phi) is 4.23. The van der Waals surface area contributed by atoms with Crippen LogP contribution >= 0.6 is 0 Å². The van der Waals surface area contributed by atoms with Crippen LogP contribution in [0.3, 0.4) is 0 Å². The number of nitrogens with one attached hydrogen (secondary N) is 1. The first-order valence-electron chi connectivity index (χ1n) is 7.42. The summed E-state index contributed by atoms with van der Waals surface area (Å²) in [5, 5.41) is 10.7. The van der Waals surface area contributed by atoms with E-state index in [0.29, 0.717) is 19.3 Å². The third-order valence-electron chi connectivity index (χ3n) is 4.20. The lowest BCUT2D eigenvalue weighted by Crippen LogP contribution is -2.46. The van der Waals surface area contributed by atoms with E-state index in [9.17, 15) is 17.9 Å². The lowest BCUT2D eigenvalue weighted by atomic mass is 9.80. The van der Waals surface area contributed by atoms with Gasteiger partial charge in [-0.3, -0.25) is 0 Å². The second-order valence-corrected chi connectivity index (χ2v) is 7.72. The molecule has 2 N–H and O–H groups in total. The zero-order valence-electron chi connectivity index (χ0n) is 12.5. The van der Waals surface area contributed by atoms with Crippen molar-refractivity contribution in [3.63, 3.8) is 0 Å². The molecule has 1 aliphatic carbocycles. The molecule has 23 heavy (non-hydrogen) atoms. The predicted molar refractivity (Wildman–Crippen MR) is 85.0 cm³/mol. The molecule has 1 atom stereocenters. The van der Waals surface area contributed by atoms with Crippen molar-refractivity contribution in [1.82, 2.24) is 4.72 Å². The summed E-state index contributed by atoms with van der Waals surface area (Å²) in [6, 6.07) is 12.6. The van der Waals surface area contributed by atoms with Crippen molar-refractivity contribution < 1.29 is 17.9 Å². The normalized spacial score (nSPS) is 21.0. The van der Waals surface area contributed by atoms with E-state index in [-0.39, 0.29) is 11.4 Å². The molecule has 0 radical (unpaired) electrons. The maximum Gasteiger partial charge on any atom is 0.240 e. The summed E-state index contributed by atoms with van der Waals surface area (Å²) in [5.74, 6) is -0.613. The van der Waals surface area contributed by atoms with E-state index in [1.54, 1.807) is 0 Å². The number of benzene rings is 2. The van der Waals surface area contributed by atoms with Gasteiger partial charge in [0.15, 0.2) is 0 Å². The highest BCUT2D eigenvalue weighted by Gasteiger charge is 2.33. The van der Waals surface area contributed by atoms with E-state index in [2.05, 4.69) is 4.72 Å². The van der Waals surface area contributed by atoms with Crippen LogP contribution in [0.1, 0.15) is 17.5 Å². The van der Waals surface area contributed by atoms with E-state index < -0.39 is 21.4 Å². The second kappa shape index (κ2) is 6.03. The van der Waals surface area contributed by atoms with Crippen LogP contribution in [0.4, 0.5) is 4.39 Å². The van der Waals surface area contributed by atoms with Crippen molar-refractivity contribution in [3.05, 3.63) is 65.5 Å². The maximum absolute atomic E-state index is 13.2. The van der Waals surface area contributed by atoms with Crippen LogP contribution < -0.4 is 4.72 Å². The first-order valence-corrected chi connectivity index (χ1v) is 8.91. The van der Waals surface area contributed by atoms with Gasteiger partial charge in [0.25, 0.3) is 0 Å². The first kappa shape index (κ1) is 16.1. The smallest absolute Gasteiger partial charge is 0.240 e. The number of fused-ring (bicyclic) bond motifs is 1. The third-order valence-corrected chi connectivity index (χ3v) is 5.59. The number of sulfonamides is 1. The van der Waals surface area contributed by atoms with Gasteiger partial charge >= 0.3 is 0 Å². The van der Waals surface area contributed by atoms with Gasteiger partial charge in [0, 0.05) is 13.0 Å². The molecule has 2 aromatic carbocycles. The Morgan fingerprint density at radius 3 is 2.61 bits per heavy atom. The van der Waals surface area contributed by atoms with Gasteiger partial charge in [-0.2, -0.15) is 0 Å². The van der Waals surface area contributed by atoms with E-state index in [0.717, 1.165) is 11.6 Å². The molecular formula is C17H18FNO3S. The zero-order chi connectivity index (χ0) is 16.5. The molecule has 0 saturated heterocycles. The van der Waals surface area contributed by atoms with Crippen LogP contribution in [0.15, 0.2) is 53.4 Å². The van der Waals surface area contributed by atoms with Crippen molar-refractivity contribution in [2.45, 2.75) is 29.8 Å². The molecule has 0 fully saturated rings. The molecule has 0 saturated carbocycles. The molecule has 122 valence electrons. The summed E-state index contributed by atoms with van der Waals surface area (Å²) < 4.78 is 40.0. The van der Waals surface area contributed by atoms with Crippen LogP contribution in [0.5, 0.6) is 0 Å². The highest BCUT2D eigenvalue weighted by Crippen LogP contribution is 2.28. The van der Waals surface area contributed by atoms with Gasteiger partial charge in [-0.25, -0.2) is 17.5 Å². The molecule has 0 amide bonds. The largest absolute Gasteiger partial charge is 0.388 e. The fraction of sp³-hybridized carbons (Fsp3) is 0.294. The minimum Gasteiger partial charge on any atom is -0.388 e. The summed E-state index contributed by atoms with van der Waals surface area (Å²) in [6.07, 6.45) is 1.58. The summed E-state index contributed by atoms with van der Waals surface area (Å²) in [4.78, 5) is -0.141. The lowest BCUT2D eigenvalue weighted by Gasteiger charge is -2.33. The molecule has 0 heterocycles. The third kappa shape index (κ3) is 3.60. The SMILES string of the molecule is O=S(=O)(NC[C@@]1(O)CCc2ccccc2C1)c1cccc(F)c1. The Bertz CT molecular complexity index is 822. The van der Waals surface area contributed by atoms with Crippen LogP contribution in [-0.2, 0) is 22.9 Å². The minimum absolute atomic E-state index is 0.0970. The molecule has 0 aromatic heterocycles. The quantitative estimate of drug-likeness (QED) is 0.898. The summed E-state index contributed by atoms with van der Waals surface area (Å²) in [7, 11) is -3.85. The molecule has 3 rings (SSSR count). The summed E-state index contributed by atoms with van der Waals surface area (Å²) in [6.45, 7) is -0.0970. The molecule has 0 spiro atoms. The molecule has 4 nitrogen and oxygen atoms in total. The first-order chi connectivity index (χ1) is 10.9. The van der Waals surface area contributed by atoms with Crippen LogP contribution in [0, 0.1) is 5.82 Å². The average molecular weight is 335 g/mol. The Morgan fingerprint density at radius 2 is 1.87 bits per heavy atom. The number of halogens is 1. The van der Waals surface area contributed by atoms with Crippen LogP contribution in [0.2, 0.25) is 0 Å². The van der Waals surface area contributed by atoms with E-state index in [1.165, 1.54) is 23.8 Å². The molecule has 0 bridgehead atoms. The fourth-order valence-electron chi connectivity index (χ4n) is 2.88. The summed E-state index contributed by atoms with van der Waals surface area (Å²) in [5.41, 5.74) is 1.09. The monoisotopic (exact) mass is 335 g/mol. The minimum atomic E-state index is -3.85. The Labute approximate surface area is 135 Å². The van der Waals surface area contributed by atoms with E-state index in [4.69, 9.17) is 0 Å². The van der Waals surface area contributed by atoms with Crippen LogP contribution in [-0.4, -0.2) is 25.7 Å². The highest BCUT2D eigenvalue weighted by molar-refractivity contribution is 7.89. The van der Waals surface area contributed by atoms with Gasteiger partial charge in [-0.15, -0.1) is 0 Å². The van der Waals surface area contributed by atoms with Gasteiger partial charge in [0.1, 0.15) is 5.82 Å². The number of hydrogen-bond donors (Lipinski definition) is 2. The summed E-state index contributed by atoms with van der Waals surface area (Å²) >= 11 is 0. The number of aryl methyl sites for hydroxylation is 1. The van der Waals surface area contributed by atoms with Crippen molar-refractivity contribution in [2.75, 3.05) is 6.54 Å². The van der Waals surface area contributed by atoms with Crippen molar-refractivity contribution in [2.24, 2.45) is 0 Å². The Balaban J connectivity index is 1.73. The van der Waals surface area contributed by atoms with E-state index >= 15 is 0 Å². The van der Waals surface area contributed by atoms with Crippen LogP contribution in [0.25, 0.3) is 0 Å². The predicted octanol–water partition coefficient (Wildman–Crippen LogP) is 2.02. The van der Waals surface area contributed by atoms with Gasteiger partial charge < -0.3 is 5.11 Å². The standard InChI is InChI=1S/C17H18FNO3S/c18-15-6-3-7-16(10-15)23(21,22)19-12-17(20)9-8-13-4-1-2-5-14(13)11-17/h1-7,10,19-20H,8-9,11-12H2/t17-/m1/s1. The van der Waals surface area contributed by atoms with Crippen molar-refractivity contribution >= 4 is 10.0 Å². The van der Waals surface area contributed by atoms with Crippen molar-refractivity contribution in [3.8, 4) is 0 Å². The number of hydrogen-bond acceptors (Lipinski definition) is 3. The zero-order valence-corrected chi connectivity index (χ0v) is 13.3. The second-order valence-electron chi connectivity index (χ2n) is 5.95. The number of aliphatic hydroxyl groups is 1. The molecular weight excluding hydrogens is 317 g/mol. The van der Waals surface area contributed by atoms with Crippen molar-refractivity contribution in [1.29, 1.82) is 0 Å². The van der Waals surface area contributed by atoms with Gasteiger partial charge in [0.2, 0.25) is 10.0 Å². The molecule has 2 aromatic rings. The van der Waals surface area contributed by atoms with Gasteiger partial charge in [0.05, 0.1) is 10.5 Å². The lowest BCUT2D eigenvalue weighted by molar-refractivity contribution is 0.0317. The van der Waals surface area contributed by atoms with E-state index in [1.807, 2.05) is 24.3 Å². The Hall–Kier alpha value is -1.76. The number of rotatable bonds is 4. The van der Waals surface area contributed by atoms with Gasteiger partial charge in [-0.1, -0.05) is 30.3 Å². The topological polar surface area (TPSA) is 66.4 Å². The Morgan fingerprint density at radius 1 is 1.13 bits per heavy atom. The fourth-order valence-corrected chi connectivity index (χ4v) is 4.03. The van der Waals surface area contributed by atoms with Gasteiger partial charge in [-0.05, 0) is 42.2 Å². The molecule has 6 heteroatoms. The average Bonchev–Trinajstić information content (AvgIpc) is 2.53. The molecule has 0 aliphatic heterocycles. The highest BCUT2D eigenvalue weighted by atomic mass is 32.2. The molecule has 1 aliphatic rings. The molecule has 0 unspecified atom stereocenters.